The Labute approximate surface area is 153 Å². The SMILES string of the molecule is O=CC(F)(F)[C@H](OC(=O)c1ccccc1)[C@H](O)COC(=O)c1ccccc1. The number of ether oxygens (including phenoxy) is 2. The van der Waals surface area contributed by atoms with Gasteiger partial charge in [0.15, 0.2) is 6.29 Å². The first kappa shape index (κ1) is 20.2. The van der Waals surface area contributed by atoms with Crippen LogP contribution in [-0.4, -0.2) is 48.1 Å². The van der Waals surface area contributed by atoms with Crippen LogP contribution in [0.15, 0.2) is 60.7 Å². The number of halogens is 2. The lowest BCUT2D eigenvalue weighted by molar-refractivity contribution is -0.168. The van der Waals surface area contributed by atoms with E-state index in [9.17, 15) is 28.3 Å². The molecule has 8 heteroatoms. The van der Waals surface area contributed by atoms with Gasteiger partial charge in [-0.1, -0.05) is 36.4 Å². The Morgan fingerprint density at radius 2 is 1.44 bits per heavy atom. The molecule has 2 rings (SSSR count). The van der Waals surface area contributed by atoms with E-state index >= 15 is 0 Å². The average molecular weight is 378 g/mol. The van der Waals surface area contributed by atoms with Crippen LogP contribution in [0.2, 0.25) is 0 Å². The van der Waals surface area contributed by atoms with Crippen molar-refractivity contribution in [2.75, 3.05) is 6.61 Å². The molecule has 142 valence electrons. The molecule has 27 heavy (non-hydrogen) atoms. The van der Waals surface area contributed by atoms with Crippen molar-refractivity contribution in [1.29, 1.82) is 0 Å². The molecule has 0 aliphatic rings. The molecule has 0 radical (unpaired) electrons. The third kappa shape index (κ3) is 5.42. The number of aliphatic hydroxyl groups is 1. The molecule has 0 saturated heterocycles. The van der Waals surface area contributed by atoms with E-state index in [0.29, 0.717) is 0 Å². The van der Waals surface area contributed by atoms with E-state index in [1.807, 2.05) is 0 Å². The number of alkyl halides is 2. The molecule has 0 aliphatic carbocycles. The first-order valence-corrected chi connectivity index (χ1v) is 7.85. The van der Waals surface area contributed by atoms with E-state index in [1.165, 1.54) is 36.4 Å². The topological polar surface area (TPSA) is 89.9 Å². The van der Waals surface area contributed by atoms with E-state index < -0.39 is 43.0 Å². The highest BCUT2D eigenvalue weighted by molar-refractivity contribution is 5.90. The van der Waals surface area contributed by atoms with Crippen molar-refractivity contribution in [3.05, 3.63) is 71.8 Å². The summed E-state index contributed by atoms with van der Waals surface area (Å²) >= 11 is 0. The Morgan fingerprint density at radius 3 is 1.93 bits per heavy atom. The van der Waals surface area contributed by atoms with Gasteiger partial charge in [0.2, 0.25) is 6.10 Å². The first-order chi connectivity index (χ1) is 12.8. The summed E-state index contributed by atoms with van der Waals surface area (Å²) in [5, 5.41) is 9.97. The maximum Gasteiger partial charge on any atom is 0.341 e. The van der Waals surface area contributed by atoms with Gasteiger partial charge in [0, 0.05) is 0 Å². The largest absolute Gasteiger partial charge is 0.459 e. The number of carbonyl (C=O) groups is 3. The molecule has 2 aromatic rings. The minimum absolute atomic E-state index is 0.0438. The third-order valence-corrected chi connectivity index (χ3v) is 3.52. The highest BCUT2D eigenvalue weighted by Gasteiger charge is 2.47. The fraction of sp³-hybridized carbons (Fsp3) is 0.211. The van der Waals surface area contributed by atoms with Gasteiger partial charge >= 0.3 is 17.9 Å². The van der Waals surface area contributed by atoms with E-state index in [-0.39, 0.29) is 11.1 Å². The van der Waals surface area contributed by atoms with Gasteiger partial charge in [-0.05, 0) is 24.3 Å². The lowest BCUT2D eigenvalue weighted by Crippen LogP contribution is -2.49. The Balaban J connectivity index is 2.08. The lowest BCUT2D eigenvalue weighted by atomic mass is 10.1. The maximum atomic E-state index is 13.8. The van der Waals surface area contributed by atoms with Crippen molar-refractivity contribution >= 4 is 18.2 Å². The Kier molecular flexibility index (Phi) is 6.73. The van der Waals surface area contributed by atoms with Gasteiger partial charge in [0.05, 0.1) is 11.1 Å². The summed E-state index contributed by atoms with van der Waals surface area (Å²) in [5.74, 6) is -6.20. The highest BCUT2D eigenvalue weighted by atomic mass is 19.3. The first-order valence-electron chi connectivity index (χ1n) is 7.85. The Hall–Kier alpha value is -3.13. The molecule has 0 aromatic heterocycles. The molecule has 2 aromatic carbocycles. The van der Waals surface area contributed by atoms with Crippen LogP contribution in [0.25, 0.3) is 0 Å². The fourth-order valence-electron chi connectivity index (χ4n) is 2.14. The molecule has 1 N–H and O–H groups in total. The van der Waals surface area contributed by atoms with Crippen LogP contribution in [0.5, 0.6) is 0 Å². The molecule has 0 fully saturated rings. The summed E-state index contributed by atoms with van der Waals surface area (Å²) < 4.78 is 37.1. The van der Waals surface area contributed by atoms with Crippen molar-refractivity contribution in [1.82, 2.24) is 0 Å². The van der Waals surface area contributed by atoms with Crippen LogP contribution in [0.4, 0.5) is 8.78 Å². The van der Waals surface area contributed by atoms with Gasteiger partial charge in [0.1, 0.15) is 12.7 Å². The number of hydrogen-bond acceptors (Lipinski definition) is 6. The van der Waals surface area contributed by atoms with Gasteiger partial charge in [-0.25, -0.2) is 9.59 Å². The van der Waals surface area contributed by atoms with E-state index in [0.717, 1.165) is 0 Å². The normalized spacial score (nSPS) is 13.3. The quantitative estimate of drug-likeness (QED) is 0.560. The number of rotatable bonds is 8. The fourth-order valence-corrected chi connectivity index (χ4v) is 2.14. The summed E-state index contributed by atoms with van der Waals surface area (Å²) in [6, 6.07) is 14.9. The second kappa shape index (κ2) is 9.00. The van der Waals surface area contributed by atoms with Gasteiger partial charge < -0.3 is 14.6 Å². The van der Waals surface area contributed by atoms with Gasteiger partial charge in [-0.2, -0.15) is 8.78 Å². The van der Waals surface area contributed by atoms with Crippen molar-refractivity contribution in [2.24, 2.45) is 0 Å². The number of aliphatic hydroxyl groups excluding tert-OH is 1. The minimum atomic E-state index is -4.18. The second-order valence-corrected chi connectivity index (χ2v) is 5.52. The molecule has 0 saturated carbocycles. The lowest BCUT2D eigenvalue weighted by Gasteiger charge is -2.26. The molecule has 2 atom stereocenters. The maximum absolute atomic E-state index is 13.8. The number of aldehydes is 1. The van der Waals surface area contributed by atoms with Crippen molar-refractivity contribution in [3.8, 4) is 0 Å². The van der Waals surface area contributed by atoms with E-state index in [2.05, 4.69) is 4.74 Å². The average Bonchev–Trinajstić information content (AvgIpc) is 2.70. The van der Waals surface area contributed by atoms with E-state index in [4.69, 9.17) is 4.74 Å². The molecule has 0 aliphatic heterocycles. The van der Waals surface area contributed by atoms with Gasteiger partial charge in [-0.15, -0.1) is 0 Å². The smallest absolute Gasteiger partial charge is 0.341 e. The standard InChI is InChI=1S/C19H16F2O6/c20-19(21,12-22)16(27-18(25)14-9-5-2-6-10-14)15(23)11-26-17(24)13-7-3-1-4-8-13/h1-10,12,15-16,23H,11H2/t15-,16-/m1/s1. The molecule has 6 nitrogen and oxygen atoms in total. The predicted molar refractivity (Wildman–Crippen MR) is 89.4 cm³/mol. The van der Waals surface area contributed by atoms with Crippen LogP contribution in [0, 0.1) is 0 Å². The molecule has 0 heterocycles. The van der Waals surface area contributed by atoms with Crippen LogP contribution >= 0.6 is 0 Å². The van der Waals surface area contributed by atoms with Crippen LogP contribution in [-0.2, 0) is 14.3 Å². The van der Waals surface area contributed by atoms with Crippen LogP contribution in [0.3, 0.4) is 0 Å². The number of hydrogen-bond donors (Lipinski definition) is 1. The number of esters is 2. The van der Waals surface area contributed by atoms with Crippen LogP contribution in [0.1, 0.15) is 20.7 Å². The monoisotopic (exact) mass is 378 g/mol. The summed E-state index contributed by atoms with van der Waals surface area (Å²) in [6.07, 6.45) is -5.38. The molecule has 0 unspecified atom stereocenters. The molecular weight excluding hydrogens is 362 g/mol. The molecule has 0 spiro atoms. The predicted octanol–water partition coefficient (Wildman–Crippen LogP) is 2.26. The Bertz CT molecular complexity index is 779. The molecular formula is C19H16F2O6. The summed E-state index contributed by atoms with van der Waals surface area (Å²) in [4.78, 5) is 34.5. The Morgan fingerprint density at radius 1 is 0.963 bits per heavy atom. The highest BCUT2D eigenvalue weighted by Crippen LogP contribution is 2.24. The van der Waals surface area contributed by atoms with Gasteiger partial charge in [0.25, 0.3) is 0 Å². The zero-order chi connectivity index (χ0) is 19.9. The van der Waals surface area contributed by atoms with Crippen molar-refractivity contribution in [2.45, 2.75) is 18.1 Å². The van der Waals surface area contributed by atoms with E-state index in [1.54, 1.807) is 24.3 Å². The molecule has 0 bridgehead atoms. The second-order valence-electron chi connectivity index (χ2n) is 5.52. The minimum Gasteiger partial charge on any atom is -0.459 e. The van der Waals surface area contributed by atoms with Gasteiger partial charge in [-0.3, -0.25) is 4.79 Å². The van der Waals surface area contributed by atoms with Crippen molar-refractivity contribution in [3.63, 3.8) is 0 Å². The summed E-state index contributed by atoms with van der Waals surface area (Å²) in [5.41, 5.74) is 0.0994. The zero-order valence-corrected chi connectivity index (χ0v) is 14.0. The van der Waals surface area contributed by atoms with Crippen LogP contribution < -0.4 is 0 Å². The molecule has 0 amide bonds. The number of carbonyl (C=O) groups excluding carboxylic acids is 3. The zero-order valence-electron chi connectivity index (χ0n) is 14.0. The summed E-state index contributed by atoms with van der Waals surface area (Å²) in [6.45, 7) is -0.899. The third-order valence-electron chi connectivity index (χ3n) is 3.52. The summed E-state index contributed by atoms with van der Waals surface area (Å²) in [7, 11) is 0. The number of benzene rings is 2. The van der Waals surface area contributed by atoms with Crippen molar-refractivity contribution < 1.29 is 37.7 Å².